The number of nitrogens with one attached hydrogen (secondary N) is 1. The molecule has 2 rings (SSSR count). The summed E-state index contributed by atoms with van der Waals surface area (Å²) in [6.45, 7) is 0. The molecule has 1 unspecified atom stereocenters. The van der Waals surface area contributed by atoms with Gasteiger partial charge in [0.05, 0.1) is 6.04 Å². The maximum atomic E-state index is 6.28. The van der Waals surface area contributed by atoms with Crippen LogP contribution in [0.2, 0.25) is 0 Å². The second-order valence-electron chi connectivity index (χ2n) is 3.87. The Kier molecular flexibility index (Phi) is 3.82. The van der Waals surface area contributed by atoms with E-state index in [0.29, 0.717) is 0 Å². The lowest BCUT2D eigenvalue weighted by atomic mass is 9.99. The molecule has 0 saturated carbocycles. The number of hydrogen-bond acceptors (Lipinski definition) is 2. The van der Waals surface area contributed by atoms with E-state index >= 15 is 0 Å². The first-order chi connectivity index (χ1) is 8.22. The topological polar surface area (TPSA) is 38.0 Å². The van der Waals surface area contributed by atoms with E-state index < -0.39 is 0 Å². The first kappa shape index (κ1) is 12.1. The van der Waals surface area contributed by atoms with Crippen molar-refractivity contribution in [1.82, 2.24) is 0 Å². The molecule has 1 atom stereocenters. The lowest BCUT2D eigenvalue weighted by Crippen LogP contribution is -2.12. The summed E-state index contributed by atoms with van der Waals surface area (Å²) in [6, 6.07) is 16.1. The highest BCUT2D eigenvalue weighted by atomic mass is 79.9. The zero-order valence-corrected chi connectivity index (χ0v) is 11.2. The fourth-order valence-corrected chi connectivity index (χ4v) is 2.33. The number of nitrogens with two attached hydrogens (primary N) is 1. The van der Waals surface area contributed by atoms with Crippen molar-refractivity contribution < 1.29 is 0 Å². The smallest absolute Gasteiger partial charge is 0.0563 e. The van der Waals surface area contributed by atoms with E-state index in [9.17, 15) is 0 Å². The zero-order chi connectivity index (χ0) is 12.3. The molecule has 17 heavy (non-hydrogen) atoms. The SMILES string of the molecule is CNc1cccc(C(N)c2ccccc2Br)c1. The van der Waals surface area contributed by atoms with Gasteiger partial charge in [-0.3, -0.25) is 0 Å². The van der Waals surface area contributed by atoms with Gasteiger partial charge in [0, 0.05) is 17.2 Å². The fourth-order valence-electron chi connectivity index (χ4n) is 1.79. The summed E-state index contributed by atoms with van der Waals surface area (Å²) in [6.07, 6.45) is 0. The largest absolute Gasteiger partial charge is 0.388 e. The standard InChI is InChI=1S/C14H15BrN2/c1-17-11-6-4-5-10(9-11)14(16)12-7-2-3-8-13(12)15/h2-9,14,17H,16H2,1H3. The molecule has 2 nitrogen and oxygen atoms in total. The van der Waals surface area contributed by atoms with E-state index in [2.05, 4.69) is 27.3 Å². The van der Waals surface area contributed by atoms with Crippen molar-refractivity contribution in [2.75, 3.05) is 12.4 Å². The Labute approximate surface area is 110 Å². The van der Waals surface area contributed by atoms with Gasteiger partial charge >= 0.3 is 0 Å². The fraction of sp³-hybridized carbons (Fsp3) is 0.143. The van der Waals surface area contributed by atoms with Crippen molar-refractivity contribution in [1.29, 1.82) is 0 Å². The van der Waals surface area contributed by atoms with Crippen LogP contribution >= 0.6 is 15.9 Å². The van der Waals surface area contributed by atoms with Gasteiger partial charge in [0.15, 0.2) is 0 Å². The predicted octanol–water partition coefficient (Wildman–Crippen LogP) is 3.54. The Hall–Kier alpha value is -1.32. The number of benzene rings is 2. The Bertz CT molecular complexity index is 511. The van der Waals surface area contributed by atoms with Crippen LogP contribution < -0.4 is 11.1 Å². The molecule has 3 heteroatoms. The molecule has 0 bridgehead atoms. The molecular weight excluding hydrogens is 276 g/mol. The van der Waals surface area contributed by atoms with Gasteiger partial charge in [-0.25, -0.2) is 0 Å². The molecule has 0 fully saturated rings. The Morgan fingerprint density at radius 3 is 2.59 bits per heavy atom. The molecule has 0 aliphatic carbocycles. The minimum absolute atomic E-state index is 0.112. The highest BCUT2D eigenvalue weighted by molar-refractivity contribution is 9.10. The van der Waals surface area contributed by atoms with Gasteiger partial charge in [-0.1, -0.05) is 46.3 Å². The van der Waals surface area contributed by atoms with Gasteiger partial charge in [-0.15, -0.1) is 0 Å². The molecule has 3 N–H and O–H groups in total. The van der Waals surface area contributed by atoms with E-state index in [1.165, 1.54) is 0 Å². The summed E-state index contributed by atoms with van der Waals surface area (Å²) >= 11 is 3.53. The van der Waals surface area contributed by atoms with Crippen LogP contribution in [0.4, 0.5) is 5.69 Å². The average Bonchev–Trinajstić information content (AvgIpc) is 2.38. The van der Waals surface area contributed by atoms with E-state index in [1.807, 2.05) is 49.5 Å². The van der Waals surface area contributed by atoms with E-state index in [1.54, 1.807) is 0 Å². The maximum Gasteiger partial charge on any atom is 0.0563 e. The van der Waals surface area contributed by atoms with Gasteiger partial charge in [-0.05, 0) is 29.3 Å². The molecule has 0 radical (unpaired) electrons. The molecule has 0 heterocycles. The molecule has 0 amide bonds. The predicted molar refractivity (Wildman–Crippen MR) is 76.2 cm³/mol. The van der Waals surface area contributed by atoms with Gasteiger partial charge in [0.1, 0.15) is 0 Å². The highest BCUT2D eigenvalue weighted by Gasteiger charge is 2.11. The van der Waals surface area contributed by atoms with E-state index in [4.69, 9.17) is 5.73 Å². The monoisotopic (exact) mass is 290 g/mol. The van der Waals surface area contributed by atoms with Gasteiger partial charge in [-0.2, -0.15) is 0 Å². The summed E-state index contributed by atoms with van der Waals surface area (Å²) in [7, 11) is 1.91. The lowest BCUT2D eigenvalue weighted by Gasteiger charge is -2.15. The molecule has 2 aromatic carbocycles. The Morgan fingerprint density at radius 1 is 1.12 bits per heavy atom. The van der Waals surface area contributed by atoms with E-state index in [-0.39, 0.29) is 6.04 Å². The minimum atomic E-state index is -0.112. The van der Waals surface area contributed by atoms with E-state index in [0.717, 1.165) is 21.3 Å². The van der Waals surface area contributed by atoms with Crippen LogP contribution in [0.1, 0.15) is 17.2 Å². The number of rotatable bonds is 3. The Balaban J connectivity index is 2.37. The molecule has 88 valence electrons. The molecule has 0 aromatic heterocycles. The molecular formula is C14H15BrN2. The Morgan fingerprint density at radius 2 is 1.88 bits per heavy atom. The average molecular weight is 291 g/mol. The molecule has 2 aromatic rings. The van der Waals surface area contributed by atoms with Crippen LogP contribution in [0.3, 0.4) is 0 Å². The van der Waals surface area contributed by atoms with Crippen molar-refractivity contribution in [3.05, 3.63) is 64.1 Å². The summed E-state index contributed by atoms with van der Waals surface area (Å²) in [5, 5.41) is 3.12. The zero-order valence-electron chi connectivity index (χ0n) is 9.65. The summed E-state index contributed by atoms with van der Waals surface area (Å²) in [5.74, 6) is 0. The third kappa shape index (κ3) is 2.68. The third-order valence-electron chi connectivity index (χ3n) is 2.77. The number of halogens is 1. The first-order valence-electron chi connectivity index (χ1n) is 5.50. The van der Waals surface area contributed by atoms with Crippen LogP contribution in [0.5, 0.6) is 0 Å². The number of hydrogen-bond donors (Lipinski definition) is 2. The molecule has 0 aliphatic heterocycles. The van der Waals surface area contributed by atoms with Crippen molar-refractivity contribution in [2.45, 2.75) is 6.04 Å². The quantitative estimate of drug-likeness (QED) is 0.907. The summed E-state index contributed by atoms with van der Waals surface area (Å²) < 4.78 is 1.04. The van der Waals surface area contributed by atoms with Crippen LogP contribution in [0.15, 0.2) is 53.0 Å². The van der Waals surface area contributed by atoms with Crippen LogP contribution in [0, 0.1) is 0 Å². The minimum Gasteiger partial charge on any atom is -0.388 e. The normalized spacial score (nSPS) is 12.2. The summed E-state index contributed by atoms with van der Waals surface area (Å²) in [5.41, 5.74) is 9.56. The second-order valence-corrected chi connectivity index (χ2v) is 4.73. The molecule has 0 aliphatic rings. The van der Waals surface area contributed by atoms with Crippen LogP contribution in [0.25, 0.3) is 0 Å². The van der Waals surface area contributed by atoms with Gasteiger partial charge in [0.25, 0.3) is 0 Å². The lowest BCUT2D eigenvalue weighted by molar-refractivity contribution is 0.866. The number of anilines is 1. The highest BCUT2D eigenvalue weighted by Crippen LogP contribution is 2.27. The molecule has 0 spiro atoms. The second kappa shape index (κ2) is 5.34. The van der Waals surface area contributed by atoms with Gasteiger partial charge in [0.2, 0.25) is 0 Å². The van der Waals surface area contributed by atoms with Crippen molar-refractivity contribution >= 4 is 21.6 Å². The van der Waals surface area contributed by atoms with Crippen LogP contribution in [-0.2, 0) is 0 Å². The van der Waals surface area contributed by atoms with Crippen molar-refractivity contribution in [3.8, 4) is 0 Å². The van der Waals surface area contributed by atoms with Gasteiger partial charge < -0.3 is 11.1 Å². The van der Waals surface area contributed by atoms with Crippen molar-refractivity contribution in [2.24, 2.45) is 5.73 Å². The maximum absolute atomic E-state index is 6.28. The first-order valence-corrected chi connectivity index (χ1v) is 6.29. The molecule has 0 saturated heterocycles. The van der Waals surface area contributed by atoms with Crippen molar-refractivity contribution in [3.63, 3.8) is 0 Å². The third-order valence-corrected chi connectivity index (χ3v) is 3.50. The van der Waals surface area contributed by atoms with Crippen LogP contribution in [-0.4, -0.2) is 7.05 Å². The summed E-state index contributed by atoms with van der Waals surface area (Å²) in [4.78, 5) is 0.